The van der Waals surface area contributed by atoms with E-state index in [1.165, 1.54) is 13.0 Å². The molecule has 2 aromatic rings. The minimum atomic E-state index is -4.31. The number of esters is 1. The van der Waals surface area contributed by atoms with Gasteiger partial charge in [-0.25, -0.2) is 8.42 Å². The van der Waals surface area contributed by atoms with Crippen LogP contribution in [-0.4, -0.2) is 68.7 Å². The number of carbonyl (C=O) groups excluding carboxylic acids is 2. The van der Waals surface area contributed by atoms with E-state index in [2.05, 4.69) is 9.64 Å². The van der Waals surface area contributed by atoms with Crippen LogP contribution >= 0.6 is 0 Å². The van der Waals surface area contributed by atoms with Gasteiger partial charge in [0.2, 0.25) is 0 Å². The van der Waals surface area contributed by atoms with Crippen LogP contribution in [0.25, 0.3) is 0 Å². The summed E-state index contributed by atoms with van der Waals surface area (Å²) in [4.78, 5) is 38.2. The molecule has 170 valence electrons. The molecule has 0 radical (unpaired) electrons. The number of piperazine rings is 1. The Morgan fingerprint density at radius 2 is 1.72 bits per heavy atom. The predicted octanol–water partition coefficient (Wildman–Crippen LogP) is 1.89. The second-order valence-corrected chi connectivity index (χ2v) is 9.08. The fourth-order valence-electron chi connectivity index (χ4n) is 3.48. The number of ether oxygens (including phenoxy) is 1. The van der Waals surface area contributed by atoms with E-state index >= 15 is 0 Å². The highest BCUT2D eigenvalue weighted by Crippen LogP contribution is 2.27. The Hall–Kier alpha value is -3.47. The van der Waals surface area contributed by atoms with Gasteiger partial charge in [0.25, 0.3) is 11.6 Å². The van der Waals surface area contributed by atoms with Crippen molar-refractivity contribution in [2.24, 2.45) is 0 Å². The standard InChI is InChI=1S/C21H23N3O7S/c1-2-31-20(25)15-32(29,30)19-9-8-16(14-18(19)24(27)28)21(26)23-12-10-22(11-13-23)17-6-4-3-5-7-17/h3-9,14H,2,10-13,15H2,1H3. The molecule has 3 rings (SSSR count). The number of nitro benzene ring substituents is 1. The lowest BCUT2D eigenvalue weighted by atomic mass is 10.1. The van der Waals surface area contributed by atoms with Crippen LogP contribution < -0.4 is 4.90 Å². The molecule has 32 heavy (non-hydrogen) atoms. The van der Waals surface area contributed by atoms with Gasteiger partial charge in [-0.3, -0.25) is 19.7 Å². The molecule has 1 aliphatic heterocycles. The molecule has 0 N–H and O–H groups in total. The molecule has 0 aliphatic carbocycles. The lowest BCUT2D eigenvalue weighted by Crippen LogP contribution is -2.48. The number of amides is 1. The van der Waals surface area contributed by atoms with Gasteiger partial charge in [0.05, 0.1) is 11.5 Å². The van der Waals surface area contributed by atoms with Crippen LogP contribution in [0.1, 0.15) is 17.3 Å². The van der Waals surface area contributed by atoms with E-state index in [1.54, 1.807) is 4.90 Å². The molecule has 0 bridgehead atoms. The van der Waals surface area contributed by atoms with E-state index in [-0.39, 0.29) is 12.2 Å². The fourth-order valence-corrected chi connectivity index (χ4v) is 4.76. The van der Waals surface area contributed by atoms with Crippen molar-refractivity contribution in [3.63, 3.8) is 0 Å². The van der Waals surface area contributed by atoms with Gasteiger partial charge in [0.15, 0.2) is 15.6 Å². The molecular formula is C21H23N3O7S. The van der Waals surface area contributed by atoms with Crippen molar-refractivity contribution >= 4 is 33.1 Å². The molecule has 11 heteroatoms. The highest BCUT2D eigenvalue weighted by Gasteiger charge is 2.31. The molecule has 1 amide bonds. The van der Waals surface area contributed by atoms with Crippen molar-refractivity contribution in [1.82, 2.24) is 4.90 Å². The Balaban J connectivity index is 1.77. The van der Waals surface area contributed by atoms with Gasteiger partial charge in [0.1, 0.15) is 4.90 Å². The first-order valence-electron chi connectivity index (χ1n) is 9.99. The summed E-state index contributed by atoms with van der Waals surface area (Å²) in [5, 5.41) is 11.5. The first-order valence-corrected chi connectivity index (χ1v) is 11.6. The molecular weight excluding hydrogens is 438 g/mol. The molecule has 0 aromatic heterocycles. The molecule has 0 saturated carbocycles. The number of rotatable bonds is 7. The topological polar surface area (TPSA) is 127 Å². The number of hydrogen-bond acceptors (Lipinski definition) is 8. The molecule has 1 fully saturated rings. The highest BCUT2D eigenvalue weighted by atomic mass is 32.2. The Bertz CT molecular complexity index is 1110. The number of anilines is 1. The number of nitro groups is 1. The summed E-state index contributed by atoms with van der Waals surface area (Å²) in [6, 6.07) is 12.9. The van der Waals surface area contributed by atoms with Gasteiger partial charge >= 0.3 is 5.97 Å². The van der Waals surface area contributed by atoms with E-state index in [9.17, 15) is 28.1 Å². The number of nitrogens with zero attached hydrogens (tertiary/aromatic N) is 3. The van der Waals surface area contributed by atoms with Crippen LogP contribution in [0.4, 0.5) is 11.4 Å². The Labute approximate surface area is 185 Å². The minimum absolute atomic E-state index is 0.0125. The van der Waals surface area contributed by atoms with E-state index in [1.807, 2.05) is 30.3 Å². The SMILES string of the molecule is CCOC(=O)CS(=O)(=O)c1ccc(C(=O)N2CCN(c3ccccc3)CC2)cc1[N+](=O)[O-]. The second-order valence-electron chi connectivity index (χ2n) is 7.12. The lowest BCUT2D eigenvalue weighted by molar-refractivity contribution is -0.387. The Kier molecular flexibility index (Phi) is 7.08. The minimum Gasteiger partial charge on any atom is -0.465 e. The largest absolute Gasteiger partial charge is 0.465 e. The molecule has 2 aromatic carbocycles. The van der Waals surface area contributed by atoms with E-state index in [0.29, 0.717) is 26.2 Å². The molecule has 1 saturated heterocycles. The van der Waals surface area contributed by atoms with Crippen molar-refractivity contribution in [2.45, 2.75) is 11.8 Å². The van der Waals surface area contributed by atoms with Gasteiger partial charge in [-0.1, -0.05) is 18.2 Å². The molecule has 0 atom stereocenters. The van der Waals surface area contributed by atoms with Crippen molar-refractivity contribution in [1.29, 1.82) is 0 Å². The Morgan fingerprint density at radius 1 is 1.06 bits per heavy atom. The smallest absolute Gasteiger partial charge is 0.321 e. The average Bonchev–Trinajstić information content (AvgIpc) is 2.78. The van der Waals surface area contributed by atoms with Gasteiger partial charge < -0.3 is 14.5 Å². The van der Waals surface area contributed by atoms with Gasteiger partial charge in [-0.05, 0) is 31.2 Å². The Morgan fingerprint density at radius 3 is 2.31 bits per heavy atom. The zero-order valence-corrected chi connectivity index (χ0v) is 18.3. The number of carbonyl (C=O) groups is 2. The summed E-state index contributed by atoms with van der Waals surface area (Å²) in [6.45, 7) is 3.55. The summed E-state index contributed by atoms with van der Waals surface area (Å²) in [5.74, 6) is -2.44. The molecule has 1 aliphatic rings. The van der Waals surface area contributed by atoms with Crippen molar-refractivity contribution in [2.75, 3.05) is 43.4 Å². The average molecular weight is 461 g/mol. The monoisotopic (exact) mass is 461 g/mol. The number of sulfone groups is 1. The highest BCUT2D eigenvalue weighted by molar-refractivity contribution is 7.92. The molecule has 10 nitrogen and oxygen atoms in total. The number of para-hydroxylation sites is 1. The van der Waals surface area contributed by atoms with Gasteiger partial charge in [-0.2, -0.15) is 0 Å². The van der Waals surface area contributed by atoms with Crippen molar-refractivity contribution < 1.29 is 27.7 Å². The predicted molar refractivity (Wildman–Crippen MR) is 116 cm³/mol. The number of hydrogen-bond donors (Lipinski definition) is 0. The van der Waals surface area contributed by atoms with Crippen LogP contribution in [0, 0.1) is 10.1 Å². The quantitative estimate of drug-likeness (QED) is 0.347. The van der Waals surface area contributed by atoms with Crippen LogP contribution in [0.15, 0.2) is 53.4 Å². The van der Waals surface area contributed by atoms with Crippen LogP contribution in [0.3, 0.4) is 0 Å². The van der Waals surface area contributed by atoms with Gasteiger partial charge in [-0.15, -0.1) is 0 Å². The summed E-state index contributed by atoms with van der Waals surface area (Å²) in [6.07, 6.45) is 0. The zero-order chi connectivity index (χ0) is 23.3. The maximum absolute atomic E-state index is 12.9. The normalized spacial score (nSPS) is 14.2. The molecule has 0 unspecified atom stereocenters. The number of benzene rings is 2. The third-order valence-electron chi connectivity index (χ3n) is 5.04. The third-order valence-corrected chi connectivity index (χ3v) is 6.67. The fraction of sp³-hybridized carbons (Fsp3) is 0.333. The summed E-state index contributed by atoms with van der Waals surface area (Å²) in [7, 11) is -4.31. The van der Waals surface area contributed by atoms with Crippen LogP contribution in [0.2, 0.25) is 0 Å². The maximum Gasteiger partial charge on any atom is 0.321 e. The maximum atomic E-state index is 12.9. The lowest BCUT2D eigenvalue weighted by Gasteiger charge is -2.36. The summed E-state index contributed by atoms with van der Waals surface area (Å²) in [5.41, 5.74) is 0.314. The first-order chi connectivity index (χ1) is 15.2. The summed E-state index contributed by atoms with van der Waals surface area (Å²) < 4.78 is 29.6. The van der Waals surface area contributed by atoms with Crippen molar-refractivity contribution in [3.8, 4) is 0 Å². The van der Waals surface area contributed by atoms with E-state index in [4.69, 9.17) is 0 Å². The molecule has 1 heterocycles. The van der Waals surface area contributed by atoms with Gasteiger partial charge in [0, 0.05) is 43.5 Å². The zero-order valence-electron chi connectivity index (χ0n) is 17.5. The van der Waals surface area contributed by atoms with Crippen molar-refractivity contribution in [3.05, 3.63) is 64.2 Å². The first kappa shape index (κ1) is 23.2. The summed E-state index contributed by atoms with van der Waals surface area (Å²) >= 11 is 0. The second kappa shape index (κ2) is 9.77. The van der Waals surface area contributed by atoms with Crippen LogP contribution in [0.5, 0.6) is 0 Å². The molecule has 0 spiro atoms. The third kappa shape index (κ3) is 5.22. The van der Waals surface area contributed by atoms with E-state index in [0.717, 1.165) is 17.8 Å². The van der Waals surface area contributed by atoms with E-state index < -0.39 is 43.0 Å². The van der Waals surface area contributed by atoms with Crippen LogP contribution in [-0.2, 0) is 19.4 Å².